The molecule has 0 fully saturated rings. The van der Waals surface area contributed by atoms with Crippen molar-refractivity contribution in [2.45, 2.75) is 26.2 Å². The Labute approximate surface area is 167 Å². The fourth-order valence-electron chi connectivity index (χ4n) is 2.81. The van der Waals surface area contributed by atoms with Gasteiger partial charge in [0.05, 0.1) is 12.2 Å². The molecular formula is C20H25N7O2. The average molecular weight is 395 g/mol. The van der Waals surface area contributed by atoms with Crippen LogP contribution in [0, 0.1) is 0 Å². The number of carbonyl (C=O) groups excluding carboxylic acids is 1. The summed E-state index contributed by atoms with van der Waals surface area (Å²) in [7, 11) is 0. The molecule has 152 valence electrons. The van der Waals surface area contributed by atoms with E-state index in [0.717, 1.165) is 11.1 Å². The van der Waals surface area contributed by atoms with Gasteiger partial charge in [0.15, 0.2) is 5.96 Å². The third-order valence-corrected chi connectivity index (χ3v) is 4.42. The van der Waals surface area contributed by atoms with Gasteiger partial charge in [-0.3, -0.25) is 14.4 Å². The molecule has 1 aromatic carbocycles. The molecule has 9 heteroatoms. The molecule has 0 radical (unpaired) electrons. The Morgan fingerprint density at radius 1 is 1.24 bits per heavy atom. The summed E-state index contributed by atoms with van der Waals surface area (Å²) < 4.78 is 1.46. The number of nitrogens with one attached hydrogen (secondary N) is 2. The minimum absolute atomic E-state index is 0.0170. The highest BCUT2D eigenvalue weighted by atomic mass is 16.2. The van der Waals surface area contributed by atoms with Crippen LogP contribution in [0.2, 0.25) is 0 Å². The number of nitrogens with zero attached hydrogens (tertiary/aromatic N) is 3. The number of hydrogen-bond acceptors (Lipinski definition) is 4. The Morgan fingerprint density at radius 2 is 1.93 bits per heavy atom. The standard InChI is InChI=1S/C20H25N7O2/c1-20(2,3)15-10-13-11-27(19(29)26-16(13)25-15)14-6-4-12(5-7-14)17(28)23-8-9-24-18(21)22/h4-7,10-11H,8-9H2,1-3H3,(H,23,28)(H4,21,22,24)(H,25,26,29). The molecule has 0 unspecified atom stereocenters. The molecule has 0 saturated heterocycles. The second kappa shape index (κ2) is 7.78. The first kappa shape index (κ1) is 20.1. The zero-order chi connectivity index (χ0) is 21.2. The lowest BCUT2D eigenvalue weighted by Gasteiger charge is -2.15. The zero-order valence-electron chi connectivity index (χ0n) is 16.7. The first-order valence-electron chi connectivity index (χ1n) is 9.22. The Balaban J connectivity index is 1.81. The highest BCUT2D eigenvalue weighted by Crippen LogP contribution is 2.24. The molecule has 1 amide bonds. The minimum atomic E-state index is -0.394. The third kappa shape index (κ3) is 4.63. The molecule has 0 aliphatic heterocycles. The van der Waals surface area contributed by atoms with Gasteiger partial charge < -0.3 is 21.8 Å². The summed E-state index contributed by atoms with van der Waals surface area (Å²) in [6, 6.07) is 8.71. The number of benzene rings is 1. The van der Waals surface area contributed by atoms with Crippen LogP contribution in [0.3, 0.4) is 0 Å². The van der Waals surface area contributed by atoms with Crippen LogP contribution in [0.5, 0.6) is 0 Å². The Hall–Kier alpha value is -3.62. The zero-order valence-corrected chi connectivity index (χ0v) is 16.7. The number of guanidine groups is 1. The Bertz CT molecular complexity index is 1110. The van der Waals surface area contributed by atoms with Crippen molar-refractivity contribution in [2.24, 2.45) is 16.5 Å². The molecule has 0 spiro atoms. The molecule has 0 aliphatic rings. The van der Waals surface area contributed by atoms with Crippen molar-refractivity contribution in [1.29, 1.82) is 0 Å². The number of rotatable bonds is 5. The van der Waals surface area contributed by atoms with Gasteiger partial charge in [-0.2, -0.15) is 4.98 Å². The summed E-state index contributed by atoms with van der Waals surface area (Å²) >= 11 is 0. The largest absolute Gasteiger partial charge is 0.370 e. The number of aliphatic imine (C=N–C) groups is 1. The number of aromatic amines is 1. The second-order valence-electron chi connectivity index (χ2n) is 7.74. The van der Waals surface area contributed by atoms with Gasteiger partial charge in [0.25, 0.3) is 5.91 Å². The summed E-state index contributed by atoms with van der Waals surface area (Å²) in [6.07, 6.45) is 1.75. The van der Waals surface area contributed by atoms with Crippen LogP contribution in [0.4, 0.5) is 0 Å². The highest BCUT2D eigenvalue weighted by Gasteiger charge is 2.17. The van der Waals surface area contributed by atoms with Crippen molar-refractivity contribution in [2.75, 3.05) is 13.1 Å². The van der Waals surface area contributed by atoms with E-state index >= 15 is 0 Å². The first-order chi connectivity index (χ1) is 13.6. The van der Waals surface area contributed by atoms with Crippen LogP contribution in [-0.2, 0) is 5.41 Å². The van der Waals surface area contributed by atoms with Gasteiger partial charge in [-0.05, 0) is 30.3 Å². The number of aromatic nitrogens is 3. The quantitative estimate of drug-likeness (QED) is 0.289. The molecule has 0 aliphatic carbocycles. The third-order valence-electron chi connectivity index (χ3n) is 4.42. The van der Waals surface area contributed by atoms with E-state index in [1.54, 1.807) is 30.5 Å². The van der Waals surface area contributed by atoms with Crippen molar-refractivity contribution >= 4 is 22.9 Å². The minimum Gasteiger partial charge on any atom is -0.370 e. The SMILES string of the molecule is CC(C)(C)c1cc2cn(-c3ccc(C(=O)NCCN=C(N)N)cc3)c(=O)nc2[nH]1. The molecule has 2 heterocycles. The number of fused-ring (bicyclic) bond motifs is 1. The van der Waals surface area contributed by atoms with E-state index in [4.69, 9.17) is 11.5 Å². The monoisotopic (exact) mass is 395 g/mol. The summed E-state index contributed by atoms with van der Waals surface area (Å²) in [5, 5.41) is 3.57. The maximum absolute atomic E-state index is 12.5. The van der Waals surface area contributed by atoms with Crippen molar-refractivity contribution in [1.82, 2.24) is 19.9 Å². The van der Waals surface area contributed by atoms with E-state index in [1.807, 2.05) is 6.07 Å². The predicted molar refractivity (Wildman–Crippen MR) is 113 cm³/mol. The average Bonchev–Trinajstić information content (AvgIpc) is 3.07. The van der Waals surface area contributed by atoms with Crippen LogP contribution in [-0.4, -0.2) is 39.5 Å². The predicted octanol–water partition coefficient (Wildman–Crippen LogP) is 1.01. The van der Waals surface area contributed by atoms with E-state index in [2.05, 4.69) is 41.0 Å². The van der Waals surface area contributed by atoms with E-state index in [0.29, 0.717) is 30.0 Å². The summed E-state index contributed by atoms with van der Waals surface area (Å²) in [6.45, 7) is 6.89. The normalized spacial score (nSPS) is 11.4. The fourth-order valence-corrected chi connectivity index (χ4v) is 2.81. The maximum Gasteiger partial charge on any atom is 0.354 e. The van der Waals surface area contributed by atoms with Crippen molar-refractivity contribution < 1.29 is 4.79 Å². The molecule has 2 aromatic heterocycles. The van der Waals surface area contributed by atoms with Gasteiger partial charge in [-0.25, -0.2) is 4.79 Å². The van der Waals surface area contributed by atoms with Crippen molar-refractivity contribution in [3.63, 3.8) is 0 Å². The molecule has 29 heavy (non-hydrogen) atoms. The maximum atomic E-state index is 12.5. The van der Waals surface area contributed by atoms with E-state index < -0.39 is 5.69 Å². The van der Waals surface area contributed by atoms with Gasteiger partial charge in [0.2, 0.25) is 0 Å². The molecule has 3 aromatic rings. The van der Waals surface area contributed by atoms with E-state index in [-0.39, 0.29) is 17.3 Å². The molecule has 0 atom stereocenters. The first-order valence-corrected chi connectivity index (χ1v) is 9.22. The van der Waals surface area contributed by atoms with Crippen LogP contribution < -0.4 is 22.5 Å². The summed E-state index contributed by atoms with van der Waals surface area (Å²) in [4.78, 5) is 35.8. The van der Waals surface area contributed by atoms with Gasteiger partial charge in [0.1, 0.15) is 5.65 Å². The number of hydrogen-bond donors (Lipinski definition) is 4. The van der Waals surface area contributed by atoms with Gasteiger partial charge in [-0.15, -0.1) is 0 Å². The lowest BCUT2D eigenvalue weighted by Crippen LogP contribution is -2.28. The summed E-state index contributed by atoms with van der Waals surface area (Å²) in [5.41, 5.74) is 12.7. The molecule has 3 rings (SSSR count). The van der Waals surface area contributed by atoms with E-state index in [9.17, 15) is 9.59 Å². The molecule has 0 saturated carbocycles. The van der Waals surface area contributed by atoms with Crippen molar-refractivity contribution in [3.05, 3.63) is 58.3 Å². The molecule has 6 N–H and O–H groups in total. The lowest BCUT2D eigenvalue weighted by atomic mass is 9.92. The Kier molecular flexibility index (Phi) is 5.40. The van der Waals surface area contributed by atoms with E-state index in [1.165, 1.54) is 4.57 Å². The highest BCUT2D eigenvalue weighted by molar-refractivity contribution is 5.94. The lowest BCUT2D eigenvalue weighted by molar-refractivity contribution is 0.0955. The number of carbonyl (C=O) groups is 1. The van der Waals surface area contributed by atoms with Crippen LogP contribution in [0.15, 0.2) is 46.3 Å². The molecule has 9 nitrogen and oxygen atoms in total. The smallest absolute Gasteiger partial charge is 0.354 e. The Morgan fingerprint density at radius 3 is 2.55 bits per heavy atom. The second-order valence-corrected chi connectivity index (χ2v) is 7.74. The van der Waals surface area contributed by atoms with Gasteiger partial charge in [0, 0.05) is 34.8 Å². The molecule has 0 bridgehead atoms. The van der Waals surface area contributed by atoms with Crippen LogP contribution in [0.1, 0.15) is 36.8 Å². The summed E-state index contributed by atoms with van der Waals surface area (Å²) in [5.74, 6) is -0.264. The fraction of sp³-hybridized carbons (Fsp3) is 0.300. The number of H-pyrrole nitrogens is 1. The van der Waals surface area contributed by atoms with Crippen LogP contribution in [0.25, 0.3) is 16.7 Å². The van der Waals surface area contributed by atoms with Gasteiger partial charge >= 0.3 is 5.69 Å². The number of amides is 1. The van der Waals surface area contributed by atoms with Crippen molar-refractivity contribution in [3.8, 4) is 5.69 Å². The topological polar surface area (TPSA) is 144 Å². The van der Waals surface area contributed by atoms with Gasteiger partial charge in [-0.1, -0.05) is 20.8 Å². The van der Waals surface area contributed by atoms with Crippen LogP contribution >= 0.6 is 0 Å². The molecular weight excluding hydrogens is 370 g/mol. The number of nitrogens with two attached hydrogens (primary N) is 2.